The number of rotatable bonds is 5. The smallest absolute Gasteiger partial charge is 0.255 e. The van der Waals surface area contributed by atoms with E-state index in [1.807, 2.05) is 20.8 Å². The fourth-order valence-corrected chi connectivity index (χ4v) is 2.85. The largest absolute Gasteiger partial charge is 0.326 e. The standard InChI is InChI=1S/C20H25N3O4S/c1-13-6-7-14(12-17(13)23-28(5,26)27)18(24)21-15-8-10-16(11-9-15)22-19(25)20(2,3)4/h6-12,23H,1-5H3,(H,21,24)(H,22,25). The van der Waals surface area contributed by atoms with Gasteiger partial charge in [0, 0.05) is 22.4 Å². The van der Waals surface area contributed by atoms with Crippen LogP contribution in [0.5, 0.6) is 0 Å². The van der Waals surface area contributed by atoms with E-state index in [0.29, 0.717) is 28.2 Å². The van der Waals surface area contributed by atoms with Gasteiger partial charge in [0.05, 0.1) is 11.9 Å². The summed E-state index contributed by atoms with van der Waals surface area (Å²) in [4.78, 5) is 24.5. The molecule has 0 radical (unpaired) electrons. The van der Waals surface area contributed by atoms with Gasteiger partial charge in [-0.1, -0.05) is 26.8 Å². The summed E-state index contributed by atoms with van der Waals surface area (Å²) in [6, 6.07) is 11.5. The zero-order chi connectivity index (χ0) is 21.1. The number of aryl methyl sites for hydroxylation is 1. The lowest BCUT2D eigenvalue weighted by Crippen LogP contribution is -2.27. The van der Waals surface area contributed by atoms with Crippen molar-refractivity contribution in [3.63, 3.8) is 0 Å². The molecule has 28 heavy (non-hydrogen) atoms. The van der Waals surface area contributed by atoms with Crippen LogP contribution in [0, 0.1) is 12.3 Å². The van der Waals surface area contributed by atoms with Crippen LogP contribution in [0.4, 0.5) is 17.1 Å². The predicted octanol–water partition coefficient (Wildman–Crippen LogP) is 3.60. The summed E-state index contributed by atoms with van der Waals surface area (Å²) in [5, 5.41) is 5.56. The minimum absolute atomic E-state index is 0.102. The Kier molecular flexibility index (Phi) is 6.14. The molecule has 0 aromatic heterocycles. The number of carbonyl (C=O) groups excluding carboxylic acids is 2. The Morgan fingerprint density at radius 3 is 1.93 bits per heavy atom. The molecule has 2 rings (SSSR count). The van der Waals surface area contributed by atoms with Crippen molar-refractivity contribution >= 4 is 38.9 Å². The van der Waals surface area contributed by atoms with E-state index in [9.17, 15) is 18.0 Å². The number of sulfonamides is 1. The maximum Gasteiger partial charge on any atom is 0.255 e. The number of amides is 2. The van der Waals surface area contributed by atoms with Crippen LogP contribution in [-0.2, 0) is 14.8 Å². The van der Waals surface area contributed by atoms with Gasteiger partial charge in [0.1, 0.15) is 0 Å². The van der Waals surface area contributed by atoms with Crippen LogP contribution >= 0.6 is 0 Å². The second kappa shape index (κ2) is 8.02. The van der Waals surface area contributed by atoms with Crippen molar-refractivity contribution in [3.8, 4) is 0 Å². The molecule has 0 saturated carbocycles. The van der Waals surface area contributed by atoms with Crippen LogP contribution in [0.25, 0.3) is 0 Å². The van der Waals surface area contributed by atoms with Crippen LogP contribution < -0.4 is 15.4 Å². The van der Waals surface area contributed by atoms with E-state index in [2.05, 4.69) is 15.4 Å². The first-order chi connectivity index (χ1) is 12.8. The first-order valence-electron chi connectivity index (χ1n) is 8.66. The van der Waals surface area contributed by atoms with Crippen molar-refractivity contribution in [1.82, 2.24) is 0 Å². The topological polar surface area (TPSA) is 104 Å². The van der Waals surface area contributed by atoms with E-state index >= 15 is 0 Å². The third kappa shape index (κ3) is 6.09. The summed E-state index contributed by atoms with van der Waals surface area (Å²) < 4.78 is 25.3. The zero-order valence-corrected chi connectivity index (χ0v) is 17.4. The third-order valence-corrected chi connectivity index (χ3v) is 4.47. The summed E-state index contributed by atoms with van der Waals surface area (Å²) in [6.45, 7) is 7.22. The van der Waals surface area contributed by atoms with Crippen molar-refractivity contribution in [2.24, 2.45) is 5.41 Å². The van der Waals surface area contributed by atoms with Gasteiger partial charge in [-0.3, -0.25) is 14.3 Å². The van der Waals surface area contributed by atoms with Gasteiger partial charge in [0.15, 0.2) is 0 Å². The first kappa shape index (κ1) is 21.4. The molecule has 0 aliphatic heterocycles. The lowest BCUT2D eigenvalue weighted by Gasteiger charge is -2.17. The molecule has 0 fully saturated rings. The molecular formula is C20H25N3O4S. The van der Waals surface area contributed by atoms with Crippen LogP contribution in [0.1, 0.15) is 36.7 Å². The van der Waals surface area contributed by atoms with Gasteiger partial charge in [-0.05, 0) is 48.9 Å². The first-order valence-corrected chi connectivity index (χ1v) is 10.6. The number of hydrogen-bond donors (Lipinski definition) is 3. The highest BCUT2D eigenvalue weighted by atomic mass is 32.2. The van der Waals surface area contributed by atoms with Crippen molar-refractivity contribution in [2.45, 2.75) is 27.7 Å². The van der Waals surface area contributed by atoms with Crippen LogP contribution in [0.2, 0.25) is 0 Å². The van der Waals surface area contributed by atoms with E-state index < -0.39 is 15.4 Å². The fourth-order valence-electron chi connectivity index (χ4n) is 2.23. The monoisotopic (exact) mass is 403 g/mol. The summed E-state index contributed by atoms with van der Waals surface area (Å²) >= 11 is 0. The highest BCUT2D eigenvalue weighted by Crippen LogP contribution is 2.21. The second-order valence-electron chi connectivity index (χ2n) is 7.64. The van der Waals surface area contributed by atoms with Crippen molar-refractivity contribution < 1.29 is 18.0 Å². The van der Waals surface area contributed by atoms with Gasteiger partial charge in [0.25, 0.3) is 5.91 Å². The maximum atomic E-state index is 12.5. The Morgan fingerprint density at radius 1 is 0.893 bits per heavy atom. The molecule has 150 valence electrons. The number of carbonyl (C=O) groups is 2. The third-order valence-electron chi connectivity index (χ3n) is 3.88. The molecule has 0 saturated heterocycles. The average Bonchev–Trinajstić information content (AvgIpc) is 2.56. The molecule has 0 aliphatic rings. The maximum absolute atomic E-state index is 12.5. The molecule has 2 aromatic carbocycles. The molecule has 2 amide bonds. The Hall–Kier alpha value is -2.87. The number of hydrogen-bond acceptors (Lipinski definition) is 4. The average molecular weight is 404 g/mol. The normalized spacial score (nSPS) is 11.6. The van der Waals surface area contributed by atoms with Crippen molar-refractivity contribution in [3.05, 3.63) is 53.6 Å². The molecule has 2 aromatic rings. The Balaban J connectivity index is 2.11. The summed E-state index contributed by atoms with van der Waals surface area (Å²) in [6.07, 6.45) is 1.05. The molecule has 0 bridgehead atoms. The van der Waals surface area contributed by atoms with E-state index in [1.54, 1.807) is 43.3 Å². The van der Waals surface area contributed by atoms with Crippen LogP contribution in [0.15, 0.2) is 42.5 Å². The Labute approximate surface area is 165 Å². The fraction of sp³-hybridized carbons (Fsp3) is 0.300. The summed E-state index contributed by atoms with van der Waals surface area (Å²) in [7, 11) is -3.44. The van der Waals surface area contributed by atoms with E-state index in [4.69, 9.17) is 0 Å². The quantitative estimate of drug-likeness (QED) is 0.709. The van der Waals surface area contributed by atoms with Crippen molar-refractivity contribution in [2.75, 3.05) is 21.6 Å². The Bertz CT molecular complexity index is 991. The van der Waals surface area contributed by atoms with Gasteiger partial charge in [-0.25, -0.2) is 8.42 Å². The Morgan fingerprint density at radius 2 is 1.43 bits per heavy atom. The highest BCUT2D eigenvalue weighted by Gasteiger charge is 2.21. The number of anilines is 3. The summed E-state index contributed by atoms with van der Waals surface area (Å²) in [5.74, 6) is -0.474. The molecule has 0 unspecified atom stereocenters. The van der Waals surface area contributed by atoms with Gasteiger partial charge in [-0.15, -0.1) is 0 Å². The van der Waals surface area contributed by atoms with Gasteiger partial charge >= 0.3 is 0 Å². The minimum atomic E-state index is -3.44. The molecule has 0 heterocycles. The highest BCUT2D eigenvalue weighted by molar-refractivity contribution is 7.92. The zero-order valence-electron chi connectivity index (χ0n) is 16.6. The van der Waals surface area contributed by atoms with E-state index in [-0.39, 0.29) is 11.8 Å². The SMILES string of the molecule is Cc1ccc(C(=O)Nc2ccc(NC(=O)C(C)(C)C)cc2)cc1NS(C)(=O)=O. The predicted molar refractivity (Wildman–Crippen MR) is 112 cm³/mol. The van der Waals surface area contributed by atoms with Gasteiger partial charge in [-0.2, -0.15) is 0 Å². The van der Waals surface area contributed by atoms with Crippen molar-refractivity contribution in [1.29, 1.82) is 0 Å². The summed E-state index contributed by atoms with van der Waals surface area (Å²) in [5.41, 5.74) is 2.07. The van der Waals surface area contributed by atoms with E-state index in [1.165, 1.54) is 6.07 Å². The molecule has 3 N–H and O–H groups in total. The van der Waals surface area contributed by atoms with E-state index in [0.717, 1.165) is 6.26 Å². The molecule has 7 nitrogen and oxygen atoms in total. The van der Waals surface area contributed by atoms with Crippen LogP contribution in [0.3, 0.4) is 0 Å². The molecule has 0 atom stereocenters. The van der Waals surface area contributed by atoms with Gasteiger partial charge < -0.3 is 10.6 Å². The minimum Gasteiger partial charge on any atom is -0.326 e. The number of nitrogens with one attached hydrogen (secondary N) is 3. The second-order valence-corrected chi connectivity index (χ2v) is 9.39. The van der Waals surface area contributed by atoms with Crippen LogP contribution in [-0.4, -0.2) is 26.5 Å². The molecular weight excluding hydrogens is 378 g/mol. The lowest BCUT2D eigenvalue weighted by atomic mass is 9.95. The lowest BCUT2D eigenvalue weighted by molar-refractivity contribution is -0.123. The number of benzene rings is 2. The molecule has 0 spiro atoms. The molecule has 0 aliphatic carbocycles. The molecule has 8 heteroatoms. The van der Waals surface area contributed by atoms with Gasteiger partial charge in [0.2, 0.25) is 15.9 Å².